The third kappa shape index (κ3) is 3.56. The summed E-state index contributed by atoms with van der Waals surface area (Å²) in [5, 5.41) is 4.17. The molecule has 1 unspecified atom stereocenters. The molecule has 0 spiro atoms. The summed E-state index contributed by atoms with van der Waals surface area (Å²) in [5.41, 5.74) is 8.17. The van der Waals surface area contributed by atoms with Crippen LogP contribution in [0.15, 0.2) is 126 Å². The Morgan fingerprint density at radius 2 is 0.824 bits per heavy atom. The molecule has 1 fully saturated rings. The summed E-state index contributed by atoms with van der Waals surface area (Å²) in [6.07, 6.45) is 4.76. The molecule has 166 valence electrons. The third-order valence-corrected chi connectivity index (χ3v) is 12.2. The lowest BCUT2D eigenvalue weighted by molar-refractivity contribution is 0.685. The van der Waals surface area contributed by atoms with Gasteiger partial charge in [-0.15, -0.1) is 0 Å². The summed E-state index contributed by atoms with van der Waals surface area (Å²) in [7, 11) is 0. The van der Waals surface area contributed by atoms with E-state index in [1.165, 1.54) is 62.2 Å². The molecule has 0 nitrogen and oxygen atoms in total. The van der Waals surface area contributed by atoms with Gasteiger partial charge in [0.2, 0.25) is 0 Å². The van der Waals surface area contributed by atoms with Crippen LogP contribution in [0.5, 0.6) is 0 Å². The van der Waals surface area contributed by atoms with Crippen LogP contribution < -0.4 is 5.30 Å². The molecule has 4 aromatic carbocycles. The van der Waals surface area contributed by atoms with Crippen molar-refractivity contribution < 1.29 is 0 Å². The second kappa shape index (κ2) is 8.99. The van der Waals surface area contributed by atoms with E-state index in [9.17, 15) is 0 Å². The minimum absolute atomic E-state index is 1.13. The first-order valence-electron chi connectivity index (χ1n) is 12.1. The number of benzene rings is 4. The quantitative estimate of drug-likeness (QED) is 0.266. The Hall–Kier alpha value is -2.99. The SMILES string of the molecule is S=P1(c2ccccc2)C(c2ccccc2)=C2CCCCC2=C1c1ccc(-c2ccccc2)cc1. The van der Waals surface area contributed by atoms with Gasteiger partial charge < -0.3 is 0 Å². The molecule has 2 heteroatoms. The van der Waals surface area contributed by atoms with Crippen molar-refractivity contribution in [1.29, 1.82) is 0 Å². The second-order valence-electron chi connectivity index (χ2n) is 9.12. The van der Waals surface area contributed by atoms with Gasteiger partial charge in [0, 0.05) is 16.7 Å². The molecular formula is C32H27PS. The average Bonchev–Trinajstić information content (AvgIpc) is 3.19. The molecular weight excluding hydrogens is 447 g/mol. The molecule has 0 bridgehead atoms. The van der Waals surface area contributed by atoms with E-state index in [1.54, 1.807) is 0 Å². The highest BCUT2D eigenvalue weighted by Gasteiger charge is 2.41. The average molecular weight is 475 g/mol. The molecule has 1 aliphatic carbocycles. The highest BCUT2D eigenvalue weighted by molar-refractivity contribution is 8.28. The van der Waals surface area contributed by atoms with Gasteiger partial charge >= 0.3 is 0 Å². The van der Waals surface area contributed by atoms with Gasteiger partial charge in [0.05, 0.1) is 0 Å². The van der Waals surface area contributed by atoms with Crippen molar-refractivity contribution >= 4 is 33.8 Å². The minimum Gasteiger partial charge on any atom is -0.0825 e. The van der Waals surface area contributed by atoms with Gasteiger partial charge in [-0.25, -0.2) is 0 Å². The number of rotatable bonds is 4. The van der Waals surface area contributed by atoms with Crippen molar-refractivity contribution in [2.24, 2.45) is 0 Å². The maximum absolute atomic E-state index is 6.88. The number of hydrogen-bond donors (Lipinski definition) is 0. The Morgan fingerprint density at radius 1 is 0.441 bits per heavy atom. The Labute approximate surface area is 207 Å². The lowest BCUT2D eigenvalue weighted by Gasteiger charge is -2.26. The molecule has 0 radical (unpaired) electrons. The van der Waals surface area contributed by atoms with Crippen LogP contribution in [-0.2, 0) is 11.8 Å². The maximum Gasteiger partial charge on any atom is 0.0396 e. The van der Waals surface area contributed by atoms with Crippen LogP contribution in [0.2, 0.25) is 0 Å². The largest absolute Gasteiger partial charge is 0.0825 e. The summed E-state index contributed by atoms with van der Waals surface area (Å²) < 4.78 is 0. The van der Waals surface area contributed by atoms with Gasteiger partial charge in [0.15, 0.2) is 0 Å². The Morgan fingerprint density at radius 3 is 1.35 bits per heavy atom. The van der Waals surface area contributed by atoms with E-state index in [1.807, 2.05) is 0 Å². The van der Waals surface area contributed by atoms with Gasteiger partial charge in [-0.05, 0) is 64.4 Å². The first kappa shape index (κ1) is 21.5. The third-order valence-electron chi connectivity index (χ3n) is 7.10. The van der Waals surface area contributed by atoms with Crippen LogP contribution in [0.25, 0.3) is 21.8 Å². The highest BCUT2D eigenvalue weighted by Crippen LogP contribution is 2.75. The van der Waals surface area contributed by atoms with E-state index in [0.29, 0.717) is 0 Å². The van der Waals surface area contributed by atoms with Crippen LogP contribution in [0, 0.1) is 0 Å². The van der Waals surface area contributed by atoms with E-state index in [0.717, 1.165) is 12.8 Å². The molecule has 1 heterocycles. The highest BCUT2D eigenvalue weighted by atomic mass is 32.4. The number of fused-ring (bicyclic) bond motifs is 1. The molecule has 1 aliphatic heterocycles. The zero-order valence-electron chi connectivity index (χ0n) is 19.2. The van der Waals surface area contributed by atoms with Gasteiger partial charge in [0.1, 0.15) is 0 Å². The van der Waals surface area contributed by atoms with Crippen LogP contribution in [0.1, 0.15) is 36.8 Å². The fraction of sp³-hybridized carbons (Fsp3) is 0.125. The molecule has 2 aliphatic rings. The smallest absolute Gasteiger partial charge is 0.0396 e. The summed E-state index contributed by atoms with van der Waals surface area (Å²) in [5.74, 6) is 0. The number of hydrogen-bond acceptors (Lipinski definition) is 1. The summed E-state index contributed by atoms with van der Waals surface area (Å²) in [6, 6.07) is 39.5. The molecule has 34 heavy (non-hydrogen) atoms. The molecule has 0 saturated heterocycles. The first-order chi connectivity index (χ1) is 16.8. The van der Waals surface area contributed by atoms with Crippen molar-refractivity contribution in [3.05, 3.63) is 138 Å². The lowest BCUT2D eigenvalue weighted by Crippen LogP contribution is -2.06. The number of allylic oxidation sites excluding steroid dienone is 2. The van der Waals surface area contributed by atoms with Crippen LogP contribution in [0.4, 0.5) is 0 Å². The molecule has 1 saturated carbocycles. The van der Waals surface area contributed by atoms with E-state index >= 15 is 0 Å². The summed E-state index contributed by atoms with van der Waals surface area (Å²) in [6.45, 7) is 0. The topological polar surface area (TPSA) is 0 Å². The molecule has 0 N–H and O–H groups in total. The predicted molar refractivity (Wildman–Crippen MR) is 151 cm³/mol. The Bertz CT molecular complexity index is 1430. The van der Waals surface area contributed by atoms with E-state index < -0.39 is 6.04 Å². The molecule has 4 aromatic rings. The van der Waals surface area contributed by atoms with Crippen LogP contribution >= 0.6 is 6.04 Å². The fourth-order valence-corrected chi connectivity index (χ4v) is 10.8. The molecule has 1 atom stereocenters. The van der Waals surface area contributed by atoms with Crippen molar-refractivity contribution in [1.82, 2.24) is 0 Å². The zero-order chi connectivity index (χ0) is 23.0. The Kier molecular flexibility index (Phi) is 5.69. The second-order valence-corrected chi connectivity index (χ2v) is 13.4. The zero-order valence-corrected chi connectivity index (χ0v) is 20.9. The van der Waals surface area contributed by atoms with E-state index in [-0.39, 0.29) is 0 Å². The van der Waals surface area contributed by atoms with Gasteiger partial charge in [-0.1, -0.05) is 127 Å². The van der Waals surface area contributed by atoms with Gasteiger partial charge in [-0.2, -0.15) is 0 Å². The normalized spacial score (nSPS) is 19.9. The van der Waals surface area contributed by atoms with Crippen LogP contribution in [-0.4, -0.2) is 0 Å². The van der Waals surface area contributed by atoms with Crippen molar-refractivity contribution in [3.63, 3.8) is 0 Å². The lowest BCUT2D eigenvalue weighted by atomic mass is 9.87. The van der Waals surface area contributed by atoms with E-state index in [2.05, 4.69) is 115 Å². The molecule has 0 amide bonds. The summed E-state index contributed by atoms with van der Waals surface area (Å²) in [4.78, 5) is 0. The standard InChI is InChI=1S/C32H27PS/c34-33(28-16-8-3-9-17-28)31(26-14-6-2-7-15-26)29-18-10-11-19-30(29)32(33)27-22-20-25(21-23-27)24-12-4-1-5-13-24/h1-9,12-17,20-23H,10-11,18-19H2. The van der Waals surface area contributed by atoms with Gasteiger partial charge in [-0.3, -0.25) is 0 Å². The Balaban J connectivity index is 1.57. The van der Waals surface area contributed by atoms with Gasteiger partial charge in [0.25, 0.3) is 0 Å². The molecule has 0 aromatic heterocycles. The van der Waals surface area contributed by atoms with E-state index in [4.69, 9.17) is 11.8 Å². The summed E-state index contributed by atoms with van der Waals surface area (Å²) >= 11 is 6.88. The first-order valence-corrected chi connectivity index (χ1v) is 14.9. The monoisotopic (exact) mass is 474 g/mol. The van der Waals surface area contributed by atoms with Crippen molar-refractivity contribution in [3.8, 4) is 11.1 Å². The maximum atomic E-state index is 6.88. The molecule has 6 rings (SSSR count). The van der Waals surface area contributed by atoms with Crippen LogP contribution in [0.3, 0.4) is 0 Å². The minimum atomic E-state index is -2.19. The van der Waals surface area contributed by atoms with Crippen molar-refractivity contribution in [2.45, 2.75) is 25.7 Å². The van der Waals surface area contributed by atoms with Crippen molar-refractivity contribution in [2.75, 3.05) is 0 Å². The predicted octanol–water partition coefficient (Wildman–Crippen LogP) is 8.87. The fourth-order valence-electron chi connectivity index (χ4n) is 5.58.